The normalized spacial score (nSPS) is 34.4. The molecule has 1 aliphatic heterocycles. The molecule has 0 amide bonds. The van der Waals surface area contributed by atoms with Crippen molar-refractivity contribution >= 4 is 10.1 Å². The molecule has 0 aliphatic carbocycles. The number of ether oxygens (including phenoxy) is 1. The summed E-state index contributed by atoms with van der Waals surface area (Å²) in [5, 5.41) is 18.3. The van der Waals surface area contributed by atoms with E-state index in [0.29, 0.717) is 0 Å². The molecular weight excluding hydrogens is 212 g/mol. The molecule has 7 heteroatoms. The summed E-state index contributed by atoms with van der Waals surface area (Å²) >= 11 is 0. The van der Waals surface area contributed by atoms with Gasteiger partial charge >= 0.3 is 0 Å². The summed E-state index contributed by atoms with van der Waals surface area (Å²) in [6, 6.07) is 0. The Bertz CT molecular complexity index is 274. The first-order chi connectivity index (χ1) is 6.38. The molecule has 0 aromatic carbocycles. The molecule has 1 fully saturated rings. The maximum absolute atomic E-state index is 10.6. The highest BCUT2D eigenvalue weighted by molar-refractivity contribution is 7.85. The largest absolute Gasteiger partial charge is 0.390 e. The summed E-state index contributed by atoms with van der Waals surface area (Å²) in [5.41, 5.74) is 0. The van der Waals surface area contributed by atoms with Gasteiger partial charge in [-0.05, 0) is 0 Å². The van der Waals surface area contributed by atoms with E-state index in [-0.39, 0.29) is 19.6 Å². The molecule has 1 heterocycles. The lowest BCUT2D eigenvalue weighted by atomic mass is 10.0. The quantitative estimate of drug-likeness (QED) is 0.567. The zero-order chi connectivity index (χ0) is 10.8. The molecule has 14 heavy (non-hydrogen) atoms. The van der Waals surface area contributed by atoms with Crippen LogP contribution in [0.3, 0.4) is 0 Å². The second kappa shape index (κ2) is 4.54. The zero-order valence-corrected chi connectivity index (χ0v) is 8.61. The molecule has 84 valence electrons. The van der Waals surface area contributed by atoms with Crippen LogP contribution in [-0.2, 0) is 19.0 Å². The molecule has 3 atom stereocenters. The van der Waals surface area contributed by atoms with Gasteiger partial charge in [0.2, 0.25) is 0 Å². The van der Waals surface area contributed by atoms with Crippen molar-refractivity contribution in [2.75, 3.05) is 19.5 Å². The Labute approximate surface area is 82.6 Å². The molecule has 6 nitrogen and oxygen atoms in total. The number of aliphatic hydroxyl groups excluding tert-OH is 2. The van der Waals surface area contributed by atoms with Gasteiger partial charge in [-0.25, -0.2) is 0 Å². The van der Waals surface area contributed by atoms with Gasteiger partial charge in [-0.2, -0.15) is 8.42 Å². The van der Waals surface area contributed by atoms with Crippen molar-refractivity contribution in [2.24, 2.45) is 0 Å². The smallest absolute Gasteiger partial charge is 0.264 e. The molecule has 0 aromatic rings. The van der Waals surface area contributed by atoms with Crippen LogP contribution in [0.15, 0.2) is 0 Å². The third kappa shape index (κ3) is 3.89. The van der Waals surface area contributed by atoms with Crippen molar-refractivity contribution in [3.8, 4) is 0 Å². The van der Waals surface area contributed by atoms with Crippen LogP contribution in [0.5, 0.6) is 0 Å². The molecule has 0 aromatic heterocycles. The lowest BCUT2D eigenvalue weighted by Gasteiger charge is -2.29. The fraction of sp³-hybridized carbons (Fsp3) is 1.00. The van der Waals surface area contributed by atoms with E-state index in [1.54, 1.807) is 0 Å². The zero-order valence-electron chi connectivity index (χ0n) is 7.79. The lowest BCUT2D eigenvalue weighted by Crippen LogP contribution is -2.43. The minimum absolute atomic E-state index is 0.00104. The van der Waals surface area contributed by atoms with E-state index < -0.39 is 28.4 Å². The Kier molecular flexibility index (Phi) is 3.85. The monoisotopic (exact) mass is 226 g/mol. The van der Waals surface area contributed by atoms with Crippen LogP contribution in [0.4, 0.5) is 0 Å². The number of hydrogen-bond donors (Lipinski definition) is 2. The minimum atomic E-state index is -3.48. The maximum atomic E-state index is 10.6. The maximum Gasteiger partial charge on any atom is 0.264 e. The first-order valence-corrected chi connectivity index (χ1v) is 6.02. The van der Waals surface area contributed by atoms with Crippen molar-refractivity contribution in [3.63, 3.8) is 0 Å². The summed E-state index contributed by atoms with van der Waals surface area (Å²) in [4.78, 5) is 0. The van der Waals surface area contributed by atoms with Gasteiger partial charge in [0, 0.05) is 6.42 Å². The van der Waals surface area contributed by atoms with Crippen molar-refractivity contribution in [2.45, 2.75) is 24.7 Å². The third-order valence-electron chi connectivity index (χ3n) is 1.92. The molecule has 0 spiro atoms. The average molecular weight is 226 g/mol. The van der Waals surface area contributed by atoms with Crippen LogP contribution in [-0.4, -0.2) is 56.4 Å². The van der Waals surface area contributed by atoms with Crippen LogP contribution < -0.4 is 0 Å². The standard InChI is InChI=1S/C7H14O6S/c1-14(10,11)13-3-5-2-6(8)7(9)4-12-5/h5-9H,2-4H2,1H3/t5-,6-,7+/m0/s1. The van der Waals surface area contributed by atoms with Crippen LogP contribution in [0.25, 0.3) is 0 Å². The molecular formula is C7H14O6S. The number of aliphatic hydroxyl groups is 2. The predicted octanol–water partition coefficient (Wildman–Crippen LogP) is -1.53. The van der Waals surface area contributed by atoms with Crippen molar-refractivity contribution < 1.29 is 27.6 Å². The fourth-order valence-electron chi connectivity index (χ4n) is 1.16. The van der Waals surface area contributed by atoms with Gasteiger partial charge < -0.3 is 14.9 Å². The van der Waals surface area contributed by atoms with Crippen molar-refractivity contribution in [1.29, 1.82) is 0 Å². The molecule has 1 aliphatic rings. The number of rotatable bonds is 3. The predicted molar refractivity (Wildman–Crippen MR) is 47.2 cm³/mol. The van der Waals surface area contributed by atoms with E-state index >= 15 is 0 Å². The Morgan fingerprint density at radius 1 is 1.43 bits per heavy atom. The average Bonchev–Trinajstić information content (AvgIpc) is 2.06. The highest BCUT2D eigenvalue weighted by atomic mass is 32.2. The minimum Gasteiger partial charge on any atom is -0.390 e. The molecule has 1 saturated heterocycles. The second-order valence-electron chi connectivity index (χ2n) is 3.31. The van der Waals surface area contributed by atoms with E-state index in [1.165, 1.54) is 0 Å². The van der Waals surface area contributed by atoms with Gasteiger partial charge in [0.05, 0.1) is 31.7 Å². The topological polar surface area (TPSA) is 93.1 Å². The third-order valence-corrected chi connectivity index (χ3v) is 2.48. The first kappa shape index (κ1) is 11.9. The van der Waals surface area contributed by atoms with Gasteiger partial charge in [-0.3, -0.25) is 4.18 Å². The lowest BCUT2D eigenvalue weighted by molar-refractivity contribution is -0.128. The molecule has 2 N–H and O–H groups in total. The Morgan fingerprint density at radius 2 is 2.07 bits per heavy atom. The first-order valence-electron chi connectivity index (χ1n) is 4.20. The summed E-state index contributed by atoms with van der Waals surface area (Å²) in [6.45, 7) is -0.123. The molecule has 1 rings (SSSR count). The van der Waals surface area contributed by atoms with E-state index in [1.807, 2.05) is 0 Å². The fourth-order valence-corrected chi connectivity index (χ4v) is 1.55. The van der Waals surface area contributed by atoms with Gasteiger partial charge in [0.1, 0.15) is 6.10 Å². The SMILES string of the molecule is CS(=O)(=O)OC[C@@H]1C[C@H](O)[C@H](O)CO1. The summed E-state index contributed by atoms with van der Waals surface area (Å²) in [5.74, 6) is 0. The van der Waals surface area contributed by atoms with Crippen LogP contribution >= 0.6 is 0 Å². The summed E-state index contributed by atoms with van der Waals surface area (Å²) in [6.07, 6.45) is -1.14. The van der Waals surface area contributed by atoms with Gasteiger partial charge in [-0.15, -0.1) is 0 Å². The van der Waals surface area contributed by atoms with E-state index in [4.69, 9.17) is 9.84 Å². The Morgan fingerprint density at radius 3 is 2.57 bits per heavy atom. The highest BCUT2D eigenvalue weighted by Gasteiger charge is 2.28. The van der Waals surface area contributed by atoms with Crippen molar-refractivity contribution in [3.05, 3.63) is 0 Å². The van der Waals surface area contributed by atoms with Crippen molar-refractivity contribution in [1.82, 2.24) is 0 Å². The Hall–Kier alpha value is -0.210. The van der Waals surface area contributed by atoms with E-state index in [9.17, 15) is 13.5 Å². The van der Waals surface area contributed by atoms with Gasteiger partial charge in [-0.1, -0.05) is 0 Å². The van der Waals surface area contributed by atoms with Gasteiger partial charge in [0.25, 0.3) is 10.1 Å². The summed E-state index contributed by atoms with van der Waals surface area (Å²) < 4.78 is 30.8. The van der Waals surface area contributed by atoms with Crippen LogP contribution in [0.2, 0.25) is 0 Å². The second-order valence-corrected chi connectivity index (χ2v) is 4.96. The van der Waals surface area contributed by atoms with Gasteiger partial charge in [0.15, 0.2) is 0 Å². The molecule has 0 saturated carbocycles. The van der Waals surface area contributed by atoms with E-state index in [2.05, 4.69) is 4.18 Å². The highest BCUT2D eigenvalue weighted by Crippen LogP contribution is 2.15. The Balaban J connectivity index is 2.34. The van der Waals surface area contributed by atoms with Crippen LogP contribution in [0.1, 0.15) is 6.42 Å². The number of hydrogen-bond acceptors (Lipinski definition) is 6. The van der Waals surface area contributed by atoms with E-state index in [0.717, 1.165) is 6.26 Å². The summed E-state index contributed by atoms with van der Waals surface area (Å²) in [7, 11) is -3.48. The molecule has 0 radical (unpaired) electrons. The molecule has 0 bridgehead atoms. The molecule has 0 unspecified atom stereocenters. The van der Waals surface area contributed by atoms with Crippen LogP contribution in [0, 0.1) is 0 Å².